The third-order valence-electron chi connectivity index (χ3n) is 4.54. The first-order chi connectivity index (χ1) is 10.3. The van der Waals surface area contributed by atoms with Crippen LogP contribution >= 0.6 is 0 Å². The zero-order valence-electron chi connectivity index (χ0n) is 12.3. The van der Waals surface area contributed by atoms with E-state index in [-0.39, 0.29) is 5.84 Å². The zero-order chi connectivity index (χ0) is 14.7. The maximum Gasteiger partial charge on any atom is 0.189 e. The SMILES string of the molecule is NC(=NO)c1ncccc1CN1CCC(N2CCCC2)C1. The average molecular weight is 289 g/mol. The largest absolute Gasteiger partial charge is 0.409 e. The first-order valence-electron chi connectivity index (χ1n) is 7.66. The molecule has 0 saturated carbocycles. The fraction of sp³-hybridized carbons (Fsp3) is 0.600. The van der Waals surface area contributed by atoms with Gasteiger partial charge in [0.15, 0.2) is 5.84 Å². The van der Waals surface area contributed by atoms with Crippen molar-refractivity contribution in [3.8, 4) is 0 Å². The van der Waals surface area contributed by atoms with Crippen molar-refractivity contribution in [3.05, 3.63) is 29.6 Å². The van der Waals surface area contributed by atoms with Crippen molar-refractivity contribution in [2.24, 2.45) is 10.9 Å². The van der Waals surface area contributed by atoms with Gasteiger partial charge in [-0.15, -0.1) is 0 Å². The van der Waals surface area contributed by atoms with Crippen LogP contribution in [0.5, 0.6) is 0 Å². The molecule has 0 amide bonds. The van der Waals surface area contributed by atoms with Crippen LogP contribution in [0.4, 0.5) is 0 Å². The number of pyridine rings is 1. The van der Waals surface area contributed by atoms with Gasteiger partial charge in [0.25, 0.3) is 0 Å². The number of oxime groups is 1. The van der Waals surface area contributed by atoms with Gasteiger partial charge in [-0.05, 0) is 44.0 Å². The van der Waals surface area contributed by atoms with Crippen LogP contribution in [0.3, 0.4) is 0 Å². The number of nitrogens with zero attached hydrogens (tertiary/aromatic N) is 4. The Hall–Kier alpha value is -1.66. The van der Waals surface area contributed by atoms with E-state index in [4.69, 9.17) is 10.9 Å². The molecule has 2 saturated heterocycles. The van der Waals surface area contributed by atoms with Gasteiger partial charge in [-0.1, -0.05) is 11.2 Å². The van der Waals surface area contributed by atoms with Crippen molar-refractivity contribution in [2.75, 3.05) is 26.2 Å². The molecule has 1 unspecified atom stereocenters. The van der Waals surface area contributed by atoms with Gasteiger partial charge in [-0.2, -0.15) is 0 Å². The minimum Gasteiger partial charge on any atom is -0.409 e. The lowest BCUT2D eigenvalue weighted by molar-refractivity contribution is 0.229. The van der Waals surface area contributed by atoms with Crippen molar-refractivity contribution in [2.45, 2.75) is 31.8 Å². The molecule has 1 aromatic heterocycles. The molecule has 1 atom stereocenters. The van der Waals surface area contributed by atoms with E-state index < -0.39 is 0 Å². The minimum atomic E-state index is 0.0842. The highest BCUT2D eigenvalue weighted by atomic mass is 16.4. The molecule has 0 aromatic carbocycles. The Morgan fingerprint density at radius 3 is 2.95 bits per heavy atom. The van der Waals surface area contributed by atoms with Gasteiger partial charge >= 0.3 is 0 Å². The summed E-state index contributed by atoms with van der Waals surface area (Å²) in [6.45, 7) is 5.52. The Kier molecular flexibility index (Phi) is 4.36. The summed E-state index contributed by atoms with van der Waals surface area (Å²) in [4.78, 5) is 9.29. The zero-order valence-corrected chi connectivity index (χ0v) is 12.3. The molecule has 2 aliphatic heterocycles. The summed E-state index contributed by atoms with van der Waals surface area (Å²) in [6.07, 6.45) is 5.59. The molecule has 0 bridgehead atoms. The van der Waals surface area contributed by atoms with Gasteiger partial charge in [0.2, 0.25) is 0 Å². The van der Waals surface area contributed by atoms with Crippen LogP contribution in [0.15, 0.2) is 23.5 Å². The van der Waals surface area contributed by atoms with Gasteiger partial charge in [-0.25, -0.2) is 0 Å². The molecule has 2 fully saturated rings. The molecular weight excluding hydrogens is 266 g/mol. The lowest BCUT2D eigenvalue weighted by atomic mass is 10.1. The molecule has 6 nitrogen and oxygen atoms in total. The smallest absolute Gasteiger partial charge is 0.189 e. The summed E-state index contributed by atoms with van der Waals surface area (Å²) in [5.41, 5.74) is 7.32. The van der Waals surface area contributed by atoms with Crippen LogP contribution in [-0.2, 0) is 6.54 Å². The molecular formula is C15H23N5O. The van der Waals surface area contributed by atoms with Crippen LogP contribution in [-0.4, -0.2) is 58.0 Å². The predicted octanol–water partition coefficient (Wildman–Crippen LogP) is 0.846. The van der Waals surface area contributed by atoms with E-state index in [0.29, 0.717) is 11.7 Å². The minimum absolute atomic E-state index is 0.0842. The van der Waals surface area contributed by atoms with Crippen LogP contribution in [0.2, 0.25) is 0 Å². The molecule has 3 N–H and O–H groups in total. The highest BCUT2D eigenvalue weighted by molar-refractivity contribution is 5.96. The fourth-order valence-electron chi connectivity index (χ4n) is 3.45. The van der Waals surface area contributed by atoms with E-state index in [1.54, 1.807) is 6.20 Å². The molecule has 0 spiro atoms. The summed E-state index contributed by atoms with van der Waals surface area (Å²) in [6, 6.07) is 4.60. The summed E-state index contributed by atoms with van der Waals surface area (Å²) < 4.78 is 0. The second-order valence-corrected chi connectivity index (χ2v) is 5.92. The van der Waals surface area contributed by atoms with E-state index in [0.717, 1.165) is 25.2 Å². The van der Waals surface area contributed by atoms with Gasteiger partial charge in [0, 0.05) is 31.9 Å². The maximum absolute atomic E-state index is 8.86. The monoisotopic (exact) mass is 289 g/mol. The quantitative estimate of drug-likeness (QED) is 0.372. The number of aromatic nitrogens is 1. The third-order valence-corrected chi connectivity index (χ3v) is 4.54. The van der Waals surface area contributed by atoms with Crippen molar-refractivity contribution < 1.29 is 5.21 Å². The lowest BCUT2D eigenvalue weighted by Gasteiger charge is -2.24. The predicted molar refractivity (Wildman–Crippen MR) is 81.2 cm³/mol. The molecule has 114 valence electrons. The van der Waals surface area contributed by atoms with Crippen molar-refractivity contribution in [1.29, 1.82) is 0 Å². The van der Waals surface area contributed by atoms with Crippen LogP contribution in [0, 0.1) is 0 Å². The Balaban J connectivity index is 1.65. The maximum atomic E-state index is 8.86. The number of amidine groups is 1. The van der Waals surface area contributed by atoms with E-state index in [1.807, 2.05) is 12.1 Å². The summed E-state index contributed by atoms with van der Waals surface area (Å²) >= 11 is 0. The fourth-order valence-corrected chi connectivity index (χ4v) is 3.45. The van der Waals surface area contributed by atoms with Crippen molar-refractivity contribution >= 4 is 5.84 Å². The van der Waals surface area contributed by atoms with Crippen LogP contribution in [0.1, 0.15) is 30.5 Å². The van der Waals surface area contributed by atoms with Crippen molar-refractivity contribution in [1.82, 2.24) is 14.8 Å². The Labute approximate surface area is 125 Å². The van der Waals surface area contributed by atoms with Crippen LogP contribution < -0.4 is 5.73 Å². The molecule has 3 heterocycles. The molecule has 21 heavy (non-hydrogen) atoms. The van der Waals surface area contributed by atoms with E-state index in [2.05, 4.69) is 19.9 Å². The standard InChI is InChI=1S/C15H23N5O/c16-15(18-21)14-12(4-3-6-17-14)10-19-9-5-13(11-19)20-7-1-2-8-20/h3-4,6,13,21H,1-2,5,7-11H2,(H2,16,18). The normalized spacial score (nSPS) is 24.8. The van der Waals surface area contributed by atoms with E-state index in [9.17, 15) is 0 Å². The van der Waals surface area contributed by atoms with E-state index >= 15 is 0 Å². The van der Waals surface area contributed by atoms with Crippen molar-refractivity contribution in [3.63, 3.8) is 0 Å². The number of rotatable bonds is 4. The lowest BCUT2D eigenvalue weighted by Crippen LogP contribution is -2.35. The highest BCUT2D eigenvalue weighted by Gasteiger charge is 2.29. The van der Waals surface area contributed by atoms with Gasteiger partial charge in [-0.3, -0.25) is 14.8 Å². The van der Waals surface area contributed by atoms with Gasteiger partial charge < -0.3 is 10.9 Å². The second-order valence-electron chi connectivity index (χ2n) is 5.92. The highest BCUT2D eigenvalue weighted by Crippen LogP contribution is 2.22. The molecule has 1 aromatic rings. The topological polar surface area (TPSA) is 78.0 Å². The number of likely N-dealkylation sites (tertiary alicyclic amines) is 2. The molecule has 3 rings (SSSR count). The molecule has 2 aliphatic rings. The Morgan fingerprint density at radius 2 is 2.19 bits per heavy atom. The van der Waals surface area contributed by atoms with E-state index in [1.165, 1.54) is 32.4 Å². The van der Waals surface area contributed by atoms with Gasteiger partial charge in [0.05, 0.1) is 0 Å². The molecule has 0 aliphatic carbocycles. The number of nitrogens with two attached hydrogens (primary N) is 1. The summed E-state index contributed by atoms with van der Waals surface area (Å²) in [5, 5.41) is 11.9. The summed E-state index contributed by atoms with van der Waals surface area (Å²) in [5.74, 6) is 0.0842. The average Bonchev–Trinajstić information content (AvgIpc) is 3.18. The summed E-state index contributed by atoms with van der Waals surface area (Å²) in [7, 11) is 0. The van der Waals surface area contributed by atoms with Crippen LogP contribution in [0.25, 0.3) is 0 Å². The number of hydrogen-bond acceptors (Lipinski definition) is 5. The Morgan fingerprint density at radius 1 is 1.38 bits per heavy atom. The molecule has 6 heteroatoms. The first-order valence-corrected chi connectivity index (χ1v) is 7.66. The third kappa shape index (κ3) is 3.16. The Bertz CT molecular complexity index is 513. The molecule has 0 radical (unpaired) electrons. The number of hydrogen-bond donors (Lipinski definition) is 2. The first kappa shape index (κ1) is 14.3. The van der Waals surface area contributed by atoms with Gasteiger partial charge in [0.1, 0.15) is 5.69 Å². The second kappa shape index (κ2) is 6.41.